The minimum absolute atomic E-state index is 0.231. The minimum atomic E-state index is 0.231. The molecule has 0 spiro atoms. The van der Waals surface area contributed by atoms with Gasteiger partial charge in [0.1, 0.15) is 0 Å². The fourth-order valence-corrected chi connectivity index (χ4v) is 2.68. The molecule has 1 atom stereocenters. The second-order valence-corrected chi connectivity index (χ2v) is 7.69. The summed E-state index contributed by atoms with van der Waals surface area (Å²) in [6.07, 6.45) is 2.69. The summed E-state index contributed by atoms with van der Waals surface area (Å²) in [4.78, 5) is 2.60. The van der Waals surface area contributed by atoms with E-state index in [1.807, 2.05) is 0 Å². The van der Waals surface area contributed by atoms with Gasteiger partial charge in [-0.3, -0.25) is 0 Å². The fraction of sp³-hybridized carbons (Fsp3) is 1.00. The summed E-state index contributed by atoms with van der Waals surface area (Å²) in [5.74, 6) is 0.886. The van der Waals surface area contributed by atoms with Gasteiger partial charge >= 0.3 is 0 Å². The third-order valence-corrected chi connectivity index (χ3v) is 4.68. The van der Waals surface area contributed by atoms with Gasteiger partial charge in [-0.25, -0.2) is 0 Å². The molecule has 1 saturated heterocycles. The van der Waals surface area contributed by atoms with Crippen molar-refractivity contribution in [3.8, 4) is 0 Å². The van der Waals surface area contributed by atoms with Crippen LogP contribution in [0, 0.1) is 16.7 Å². The molecule has 2 heteroatoms. The molecule has 0 aromatic carbocycles. The molecular weight excluding hydrogens is 208 g/mol. The molecule has 0 aromatic heterocycles. The van der Waals surface area contributed by atoms with E-state index >= 15 is 0 Å². The normalized spacial score (nSPS) is 22.8. The molecule has 0 saturated carbocycles. The van der Waals surface area contributed by atoms with Crippen molar-refractivity contribution in [2.75, 3.05) is 19.6 Å². The minimum Gasteiger partial charge on any atom is -0.327 e. The number of piperidine rings is 1. The van der Waals surface area contributed by atoms with Gasteiger partial charge in [-0.05, 0) is 49.6 Å². The van der Waals surface area contributed by atoms with Gasteiger partial charge in [0, 0.05) is 12.6 Å². The second-order valence-electron chi connectivity index (χ2n) is 7.69. The van der Waals surface area contributed by atoms with Crippen LogP contribution in [-0.4, -0.2) is 30.6 Å². The number of nitrogens with two attached hydrogens (primary N) is 1. The highest BCUT2D eigenvalue weighted by molar-refractivity contribution is 4.86. The lowest BCUT2D eigenvalue weighted by Gasteiger charge is -2.42. The van der Waals surface area contributed by atoms with Crippen LogP contribution in [0.25, 0.3) is 0 Å². The third kappa shape index (κ3) is 4.26. The molecule has 0 aliphatic carbocycles. The SMILES string of the molecule is CC(N)C(C)(C)CN1CCC(C(C)(C)C)CC1. The summed E-state index contributed by atoms with van der Waals surface area (Å²) < 4.78 is 0. The Morgan fingerprint density at radius 3 is 1.94 bits per heavy atom. The first-order valence-corrected chi connectivity index (χ1v) is 7.11. The average molecular weight is 240 g/mol. The molecule has 1 aliphatic rings. The summed E-state index contributed by atoms with van der Waals surface area (Å²) in [6.45, 7) is 17.5. The largest absolute Gasteiger partial charge is 0.327 e. The standard InChI is InChI=1S/C15H32N2/c1-12(16)15(5,6)11-17-9-7-13(8-10-17)14(2,3)4/h12-13H,7-11,16H2,1-6H3. The third-order valence-electron chi connectivity index (χ3n) is 4.68. The lowest BCUT2D eigenvalue weighted by Crippen LogP contribution is -2.47. The molecular formula is C15H32N2. The molecule has 0 aromatic rings. The van der Waals surface area contributed by atoms with E-state index in [9.17, 15) is 0 Å². The molecule has 102 valence electrons. The molecule has 1 rings (SSSR count). The molecule has 2 nitrogen and oxygen atoms in total. The summed E-state index contributed by atoms with van der Waals surface area (Å²) >= 11 is 0. The van der Waals surface area contributed by atoms with Crippen LogP contribution in [-0.2, 0) is 0 Å². The monoisotopic (exact) mass is 240 g/mol. The van der Waals surface area contributed by atoms with E-state index in [0.717, 1.165) is 12.5 Å². The molecule has 17 heavy (non-hydrogen) atoms. The first-order valence-electron chi connectivity index (χ1n) is 7.11. The van der Waals surface area contributed by atoms with Crippen LogP contribution in [0.15, 0.2) is 0 Å². The number of nitrogens with zero attached hydrogens (tertiary/aromatic N) is 1. The highest BCUT2D eigenvalue weighted by atomic mass is 15.1. The smallest absolute Gasteiger partial charge is 0.00739 e. The molecule has 1 heterocycles. The predicted molar refractivity (Wildman–Crippen MR) is 76.0 cm³/mol. The van der Waals surface area contributed by atoms with E-state index in [1.54, 1.807) is 0 Å². The van der Waals surface area contributed by atoms with Crippen molar-refractivity contribution in [3.05, 3.63) is 0 Å². The Kier molecular flexibility index (Phi) is 4.65. The van der Waals surface area contributed by atoms with Crippen molar-refractivity contribution >= 4 is 0 Å². The Morgan fingerprint density at radius 1 is 1.12 bits per heavy atom. The molecule has 1 unspecified atom stereocenters. The van der Waals surface area contributed by atoms with E-state index in [-0.39, 0.29) is 11.5 Å². The Morgan fingerprint density at radius 2 is 1.59 bits per heavy atom. The average Bonchev–Trinajstić information content (AvgIpc) is 2.16. The van der Waals surface area contributed by atoms with Gasteiger partial charge in [0.2, 0.25) is 0 Å². The van der Waals surface area contributed by atoms with Crippen LogP contribution in [0.4, 0.5) is 0 Å². The van der Waals surface area contributed by atoms with Crippen molar-refractivity contribution in [1.82, 2.24) is 4.90 Å². The van der Waals surface area contributed by atoms with Gasteiger partial charge in [0.05, 0.1) is 0 Å². The van der Waals surface area contributed by atoms with Gasteiger partial charge in [0.25, 0.3) is 0 Å². The van der Waals surface area contributed by atoms with Gasteiger partial charge in [-0.1, -0.05) is 34.6 Å². The number of rotatable bonds is 3. The maximum absolute atomic E-state index is 6.06. The van der Waals surface area contributed by atoms with Gasteiger partial charge in [-0.2, -0.15) is 0 Å². The van der Waals surface area contributed by atoms with Crippen molar-refractivity contribution in [2.24, 2.45) is 22.5 Å². The van der Waals surface area contributed by atoms with Crippen molar-refractivity contribution < 1.29 is 0 Å². The number of likely N-dealkylation sites (tertiary alicyclic amines) is 1. The van der Waals surface area contributed by atoms with Crippen LogP contribution in [0.5, 0.6) is 0 Å². The molecule has 1 aliphatic heterocycles. The molecule has 0 bridgehead atoms. The van der Waals surface area contributed by atoms with Crippen LogP contribution in [0.3, 0.4) is 0 Å². The molecule has 0 amide bonds. The zero-order valence-electron chi connectivity index (χ0n) is 12.7. The summed E-state index contributed by atoms with van der Waals surface area (Å²) in [5, 5.41) is 0. The molecule has 1 fully saturated rings. The Hall–Kier alpha value is -0.0800. The molecule has 2 N–H and O–H groups in total. The van der Waals surface area contributed by atoms with Gasteiger partial charge in [-0.15, -0.1) is 0 Å². The van der Waals surface area contributed by atoms with E-state index in [2.05, 4.69) is 46.4 Å². The highest BCUT2D eigenvalue weighted by Crippen LogP contribution is 2.35. The van der Waals surface area contributed by atoms with E-state index in [4.69, 9.17) is 5.73 Å². The van der Waals surface area contributed by atoms with E-state index in [1.165, 1.54) is 25.9 Å². The fourth-order valence-electron chi connectivity index (χ4n) is 2.68. The maximum Gasteiger partial charge on any atom is 0.00739 e. The Balaban J connectivity index is 2.43. The lowest BCUT2D eigenvalue weighted by molar-refractivity contribution is 0.0782. The maximum atomic E-state index is 6.06. The second kappa shape index (κ2) is 5.27. The summed E-state index contributed by atoms with van der Waals surface area (Å²) in [7, 11) is 0. The van der Waals surface area contributed by atoms with E-state index < -0.39 is 0 Å². The zero-order chi connectivity index (χ0) is 13.3. The van der Waals surface area contributed by atoms with Crippen LogP contribution in [0.2, 0.25) is 0 Å². The quantitative estimate of drug-likeness (QED) is 0.821. The van der Waals surface area contributed by atoms with Crippen LogP contribution in [0.1, 0.15) is 54.4 Å². The Labute approximate surface area is 108 Å². The van der Waals surface area contributed by atoms with Crippen molar-refractivity contribution in [2.45, 2.75) is 60.4 Å². The van der Waals surface area contributed by atoms with Gasteiger partial charge < -0.3 is 10.6 Å². The summed E-state index contributed by atoms with van der Waals surface area (Å²) in [5.41, 5.74) is 6.76. The topological polar surface area (TPSA) is 29.3 Å². The predicted octanol–water partition coefficient (Wildman–Crippen LogP) is 3.12. The van der Waals surface area contributed by atoms with Gasteiger partial charge in [0.15, 0.2) is 0 Å². The van der Waals surface area contributed by atoms with Crippen molar-refractivity contribution in [3.63, 3.8) is 0 Å². The Bertz CT molecular complexity index is 230. The summed E-state index contributed by atoms with van der Waals surface area (Å²) in [6, 6.07) is 0.267. The number of hydrogen-bond acceptors (Lipinski definition) is 2. The first kappa shape index (κ1) is 15.0. The lowest BCUT2D eigenvalue weighted by atomic mass is 9.75. The highest BCUT2D eigenvalue weighted by Gasteiger charge is 2.32. The van der Waals surface area contributed by atoms with Crippen molar-refractivity contribution in [1.29, 1.82) is 0 Å². The zero-order valence-corrected chi connectivity index (χ0v) is 12.7. The molecule has 0 radical (unpaired) electrons. The van der Waals surface area contributed by atoms with Crippen LogP contribution < -0.4 is 5.73 Å². The number of hydrogen-bond donors (Lipinski definition) is 1. The van der Waals surface area contributed by atoms with Crippen LogP contribution >= 0.6 is 0 Å². The first-order chi connectivity index (χ1) is 7.63. The van der Waals surface area contributed by atoms with E-state index in [0.29, 0.717) is 5.41 Å².